The minimum absolute atomic E-state index is 0.938. The van der Waals surface area contributed by atoms with Crippen molar-refractivity contribution in [2.24, 2.45) is 17.8 Å². The van der Waals surface area contributed by atoms with Crippen LogP contribution in [0.5, 0.6) is 0 Å². The molecule has 0 aromatic rings. The number of unbranched alkanes of at least 4 members (excludes halogenated alkanes) is 3. The molecule has 3 atom stereocenters. The third kappa shape index (κ3) is 5.39. The summed E-state index contributed by atoms with van der Waals surface area (Å²) in [6.45, 7) is 6.87. The van der Waals surface area contributed by atoms with E-state index in [0.717, 1.165) is 17.8 Å². The van der Waals surface area contributed by atoms with Gasteiger partial charge >= 0.3 is 0 Å². The summed E-state index contributed by atoms with van der Waals surface area (Å²) in [5.41, 5.74) is 0. The van der Waals surface area contributed by atoms with Crippen LogP contribution in [0.15, 0.2) is 12.2 Å². The monoisotopic (exact) mass is 208 g/mol. The number of hydrogen-bond acceptors (Lipinski definition) is 0. The van der Waals surface area contributed by atoms with E-state index in [2.05, 4.69) is 32.9 Å². The van der Waals surface area contributed by atoms with Crippen molar-refractivity contribution in [3.05, 3.63) is 12.2 Å². The molecule has 0 aromatic carbocycles. The highest BCUT2D eigenvalue weighted by Crippen LogP contribution is 2.44. The van der Waals surface area contributed by atoms with Gasteiger partial charge in [0, 0.05) is 0 Å². The number of rotatable bonds is 8. The van der Waals surface area contributed by atoms with E-state index in [1.807, 2.05) is 0 Å². The normalized spacial score (nSPS) is 27.1. The van der Waals surface area contributed by atoms with Crippen molar-refractivity contribution in [1.82, 2.24) is 0 Å². The van der Waals surface area contributed by atoms with Crippen LogP contribution in [0.25, 0.3) is 0 Å². The molecule has 0 heterocycles. The highest BCUT2D eigenvalue weighted by molar-refractivity contribution is 5.01. The van der Waals surface area contributed by atoms with Gasteiger partial charge in [0.25, 0.3) is 0 Å². The lowest BCUT2D eigenvalue weighted by atomic mass is 9.96. The van der Waals surface area contributed by atoms with Crippen molar-refractivity contribution in [3.8, 4) is 0 Å². The quantitative estimate of drug-likeness (QED) is 0.380. The Morgan fingerprint density at radius 1 is 1.27 bits per heavy atom. The lowest BCUT2D eigenvalue weighted by Crippen LogP contribution is -1.97. The summed E-state index contributed by atoms with van der Waals surface area (Å²) in [6, 6.07) is 0. The van der Waals surface area contributed by atoms with E-state index < -0.39 is 0 Å². The van der Waals surface area contributed by atoms with Gasteiger partial charge in [0.05, 0.1) is 0 Å². The Hall–Kier alpha value is -0.260. The first-order valence-electron chi connectivity index (χ1n) is 6.90. The highest BCUT2D eigenvalue weighted by atomic mass is 14.4. The summed E-state index contributed by atoms with van der Waals surface area (Å²) in [4.78, 5) is 0. The van der Waals surface area contributed by atoms with Gasteiger partial charge in [0.2, 0.25) is 0 Å². The molecule has 1 aliphatic carbocycles. The average Bonchev–Trinajstić information content (AvgIpc) is 2.92. The molecule has 0 aliphatic heterocycles. The molecular formula is C15H28. The van der Waals surface area contributed by atoms with Gasteiger partial charge in [-0.3, -0.25) is 0 Å². The predicted molar refractivity (Wildman–Crippen MR) is 69.0 cm³/mol. The second kappa shape index (κ2) is 7.09. The van der Waals surface area contributed by atoms with E-state index in [1.165, 1.54) is 44.9 Å². The lowest BCUT2D eigenvalue weighted by molar-refractivity contribution is 0.431. The first-order valence-corrected chi connectivity index (χ1v) is 6.90. The average molecular weight is 208 g/mol. The molecule has 1 saturated carbocycles. The Kier molecular flexibility index (Phi) is 6.05. The summed E-state index contributed by atoms with van der Waals surface area (Å²) in [7, 11) is 0. The fourth-order valence-electron chi connectivity index (χ4n) is 2.58. The minimum atomic E-state index is 0.938. The van der Waals surface area contributed by atoms with Crippen molar-refractivity contribution >= 4 is 0 Å². The van der Waals surface area contributed by atoms with Gasteiger partial charge in [-0.15, -0.1) is 0 Å². The highest BCUT2D eigenvalue weighted by Gasteiger charge is 2.34. The van der Waals surface area contributed by atoms with Crippen LogP contribution in [0.2, 0.25) is 0 Å². The van der Waals surface area contributed by atoms with Crippen molar-refractivity contribution in [2.45, 2.75) is 65.7 Å². The standard InChI is InChI=1S/C15H28/c1-4-6-7-8-10-13(3)11-15-12-14(15)9-5-2/h5,9,13-15H,4,6-8,10-12H2,1-3H3. The summed E-state index contributed by atoms with van der Waals surface area (Å²) in [5.74, 6) is 2.93. The molecule has 0 radical (unpaired) electrons. The van der Waals surface area contributed by atoms with E-state index in [0.29, 0.717) is 0 Å². The molecule has 0 nitrogen and oxygen atoms in total. The molecule has 0 spiro atoms. The Labute approximate surface area is 96.2 Å². The van der Waals surface area contributed by atoms with Crippen LogP contribution < -0.4 is 0 Å². The molecule has 88 valence electrons. The molecule has 15 heavy (non-hydrogen) atoms. The molecule has 1 fully saturated rings. The molecular weight excluding hydrogens is 180 g/mol. The van der Waals surface area contributed by atoms with E-state index >= 15 is 0 Å². The molecule has 0 saturated heterocycles. The lowest BCUT2D eigenvalue weighted by Gasteiger charge is -2.10. The van der Waals surface area contributed by atoms with Crippen molar-refractivity contribution < 1.29 is 0 Å². The maximum absolute atomic E-state index is 2.44. The summed E-state index contributed by atoms with van der Waals surface area (Å²) in [6.07, 6.45) is 14.7. The second-order valence-electron chi connectivity index (χ2n) is 5.38. The molecule has 0 heteroatoms. The molecule has 0 amide bonds. The van der Waals surface area contributed by atoms with Crippen LogP contribution in [0.1, 0.15) is 65.7 Å². The Morgan fingerprint density at radius 3 is 2.73 bits per heavy atom. The Bertz CT molecular complexity index is 180. The third-order valence-electron chi connectivity index (χ3n) is 3.67. The van der Waals surface area contributed by atoms with E-state index in [1.54, 1.807) is 0 Å². The van der Waals surface area contributed by atoms with E-state index in [-0.39, 0.29) is 0 Å². The smallest absolute Gasteiger partial charge is 0.0202 e. The number of hydrogen-bond donors (Lipinski definition) is 0. The van der Waals surface area contributed by atoms with Gasteiger partial charge in [-0.1, -0.05) is 58.1 Å². The maximum Gasteiger partial charge on any atom is -0.0202 e. The van der Waals surface area contributed by atoms with Gasteiger partial charge < -0.3 is 0 Å². The third-order valence-corrected chi connectivity index (χ3v) is 3.67. The molecule has 0 aromatic heterocycles. The molecule has 0 N–H and O–H groups in total. The second-order valence-corrected chi connectivity index (χ2v) is 5.38. The summed E-state index contributed by atoms with van der Waals surface area (Å²) < 4.78 is 0. The summed E-state index contributed by atoms with van der Waals surface area (Å²) >= 11 is 0. The zero-order chi connectivity index (χ0) is 11.1. The topological polar surface area (TPSA) is 0 Å². The van der Waals surface area contributed by atoms with E-state index in [9.17, 15) is 0 Å². The van der Waals surface area contributed by atoms with Crippen LogP contribution in [0.4, 0.5) is 0 Å². The van der Waals surface area contributed by atoms with Gasteiger partial charge in [-0.2, -0.15) is 0 Å². The maximum atomic E-state index is 2.44. The van der Waals surface area contributed by atoms with Gasteiger partial charge in [0.1, 0.15) is 0 Å². The Balaban J connectivity index is 1.97. The van der Waals surface area contributed by atoms with Crippen LogP contribution >= 0.6 is 0 Å². The SMILES string of the molecule is CC=CC1CC1CC(C)CCCCCC. The minimum Gasteiger partial charge on any atom is -0.0914 e. The number of allylic oxidation sites excluding steroid dienone is 2. The molecule has 1 aliphatic rings. The van der Waals surface area contributed by atoms with Crippen molar-refractivity contribution in [2.75, 3.05) is 0 Å². The van der Waals surface area contributed by atoms with Crippen LogP contribution in [0, 0.1) is 17.8 Å². The summed E-state index contributed by atoms with van der Waals surface area (Å²) in [5, 5.41) is 0. The zero-order valence-electron chi connectivity index (χ0n) is 10.8. The molecule has 1 rings (SSSR count). The zero-order valence-corrected chi connectivity index (χ0v) is 10.8. The Morgan fingerprint density at radius 2 is 2.07 bits per heavy atom. The van der Waals surface area contributed by atoms with Crippen LogP contribution in [0.3, 0.4) is 0 Å². The van der Waals surface area contributed by atoms with Gasteiger partial charge in [0.15, 0.2) is 0 Å². The van der Waals surface area contributed by atoms with Crippen LogP contribution in [-0.4, -0.2) is 0 Å². The predicted octanol–water partition coefficient (Wildman–Crippen LogP) is 5.20. The fourth-order valence-corrected chi connectivity index (χ4v) is 2.58. The van der Waals surface area contributed by atoms with Gasteiger partial charge in [-0.05, 0) is 37.5 Å². The largest absolute Gasteiger partial charge is 0.0914 e. The van der Waals surface area contributed by atoms with Crippen LogP contribution in [-0.2, 0) is 0 Å². The van der Waals surface area contributed by atoms with Gasteiger partial charge in [-0.25, -0.2) is 0 Å². The van der Waals surface area contributed by atoms with Crippen molar-refractivity contribution in [1.29, 1.82) is 0 Å². The molecule has 0 bridgehead atoms. The van der Waals surface area contributed by atoms with E-state index in [4.69, 9.17) is 0 Å². The first-order chi connectivity index (χ1) is 7.27. The van der Waals surface area contributed by atoms with Crippen molar-refractivity contribution in [3.63, 3.8) is 0 Å². The first kappa shape index (κ1) is 12.8. The fraction of sp³-hybridized carbons (Fsp3) is 0.867. The molecule has 3 unspecified atom stereocenters.